The number of nitrogens with zero attached hydrogens (tertiary/aromatic N) is 4. The highest BCUT2D eigenvalue weighted by molar-refractivity contribution is 5.81. The summed E-state index contributed by atoms with van der Waals surface area (Å²) in [5.74, 6) is 1.42. The average molecular weight is 323 g/mol. The highest BCUT2D eigenvalue weighted by Gasteiger charge is 2.44. The van der Waals surface area contributed by atoms with Crippen LogP contribution in [0, 0.1) is 0 Å². The van der Waals surface area contributed by atoms with Crippen LogP contribution in [-0.2, 0) is 12.6 Å². The van der Waals surface area contributed by atoms with Gasteiger partial charge in [-0.25, -0.2) is 19.7 Å². The van der Waals surface area contributed by atoms with Crippen molar-refractivity contribution < 1.29 is 9.90 Å². The van der Waals surface area contributed by atoms with Gasteiger partial charge in [0.05, 0.1) is 11.0 Å². The summed E-state index contributed by atoms with van der Waals surface area (Å²) < 4.78 is 1.97. The van der Waals surface area contributed by atoms with Gasteiger partial charge in [0.25, 0.3) is 0 Å². The van der Waals surface area contributed by atoms with E-state index in [1.54, 1.807) is 18.5 Å². The molecule has 1 aliphatic rings. The molecule has 3 aromatic rings. The Balaban J connectivity index is 1.82. The zero-order valence-electron chi connectivity index (χ0n) is 13.2. The SMILES string of the molecule is Cn1c(C2(NC(=O)O)CCC2)nc2ccc(-c3ncccn3)cc21. The number of hydrogen-bond donors (Lipinski definition) is 2. The Morgan fingerprint density at radius 1 is 1.29 bits per heavy atom. The van der Waals surface area contributed by atoms with Crippen LogP contribution >= 0.6 is 0 Å². The maximum absolute atomic E-state index is 11.2. The number of benzene rings is 1. The second-order valence-corrected chi connectivity index (χ2v) is 6.14. The molecule has 2 heterocycles. The minimum Gasteiger partial charge on any atom is -0.465 e. The molecule has 0 aliphatic heterocycles. The third-order valence-corrected chi connectivity index (χ3v) is 4.69. The molecule has 2 aromatic heterocycles. The molecular weight excluding hydrogens is 306 g/mol. The number of rotatable bonds is 3. The summed E-state index contributed by atoms with van der Waals surface area (Å²) in [5, 5.41) is 11.8. The number of hydrogen-bond acceptors (Lipinski definition) is 4. The van der Waals surface area contributed by atoms with Gasteiger partial charge in [0.2, 0.25) is 0 Å². The van der Waals surface area contributed by atoms with Gasteiger partial charge >= 0.3 is 6.09 Å². The first kappa shape index (κ1) is 14.6. The van der Waals surface area contributed by atoms with Crippen LogP contribution in [0.4, 0.5) is 4.79 Å². The first-order valence-corrected chi connectivity index (χ1v) is 7.84. The summed E-state index contributed by atoms with van der Waals surface area (Å²) in [4.78, 5) is 24.4. The standard InChI is InChI=1S/C17H17N5O2/c1-22-13-10-11(14-18-8-3-9-19-14)4-5-12(13)20-15(22)17(6-2-7-17)21-16(23)24/h3-5,8-10,21H,2,6-7H2,1H3,(H,23,24). The lowest BCUT2D eigenvalue weighted by Gasteiger charge is -2.40. The molecule has 7 nitrogen and oxygen atoms in total. The zero-order valence-corrected chi connectivity index (χ0v) is 13.2. The Labute approximate surface area is 138 Å². The van der Waals surface area contributed by atoms with Crippen LogP contribution in [-0.4, -0.2) is 30.7 Å². The second-order valence-electron chi connectivity index (χ2n) is 6.14. The number of carbonyl (C=O) groups is 1. The molecular formula is C17H17N5O2. The molecule has 1 saturated carbocycles. The van der Waals surface area contributed by atoms with E-state index in [9.17, 15) is 4.79 Å². The molecule has 2 N–H and O–H groups in total. The van der Waals surface area contributed by atoms with Gasteiger partial charge in [0.1, 0.15) is 11.4 Å². The van der Waals surface area contributed by atoms with Gasteiger partial charge in [-0.3, -0.25) is 0 Å². The van der Waals surface area contributed by atoms with Crippen LogP contribution in [0.3, 0.4) is 0 Å². The van der Waals surface area contributed by atoms with E-state index in [1.807, 2.05) is 29.8 Å². The lowest BCUT2D eigenvalue weighted by molar-refractivity contribution is 0.136. The van der Waals surface area contributed by atoms with Gasteiger partial charge in [0.15, 0.2) is 5.82 Å². The summed E-state index contributed by atoms with van der Waals surface area (Å²) in [6.45, 7) is 0. The largest absolute Gasteiger partial charge is 0.465 e. The normalized spacial score (nSPS) is 15.9. The predicted molar refractivity (Wildman–Crippen MR) is 88.4 cm³/mol. The molecule has 1 amide bonds. The number of aromatic nitrogens is 4. The monoisotopic (exact) mass is 323 g/mol. The lowest BCUT2D eigenvalue weighted by atomic mass is 9.76. The summed E-state index contributed by atoms with van der Waals surface area (Å²) in [6.07, 6.45) is 4.94. The summed E-state index contributed by atoms with van der Waals surface area (Å²) in [7, 11) is 1.92. The number of fused-ring (bicyclic) bond motifs is 1. The van der Waals surface area contributed by atoms with Gasteiger partial charge in [-0.05, 0) is 43.5 Å². The minimum atomic E-state index is -1.01. The number of nitrogens with one attached hydrogen (secondary N) is 1. The van der Waals surface area contributed by atoms with Crippen LogP contribution < -0.4 is 5.32 Å². The maximum Gasteiger partial charge on any atom is 0.405 e. The van der Waals surface area contributed by atoms with E-state index < -0.39 is 11.6 Å². The lowest BCUT2D eigenvalue weighted by Crippen LogP contribution is -2.51. The van der Waals surface area contributed by atoms with Crippen LogP contribution in [0.1, 0.15) is 25.1 Å². The van der Waals surface area contributed by atoms with E-state index in [0.717, 1.165) is 41.7 Å². The first-order valence-electron chi connectivity index (χ1n) is 7.84. The van der Waals surface area contributed by atoms with Crippen molar-refractivity contribution in [2.24, 2.45) is 7.05 Å². The van der Waals surface area contributed by atoms with E-state index in [1.165, 1.54) is 0 Å². The topological polar surface area (TPSA) is 92.9 Å². The highest BCUT2D eigenvalue weighted by Crippen LogP contribution is 2.41. The van der Waals surface area contributed by atoms with E-state index in [4.69, 9.17) is 10.1 Å². The average Bonchev–Trinajstić information content (AvgIpc) is 2.88. The van der Waals surface area contributed by atoms with E-state index in [2.05, 4.69) is 15.3 Å². The molecule has 1 fully saturated rings. The predicted octanol–water partition coefficient (Wildman–Crippen LogP) is 2.68. The number of amides is 1. The molecule has 1 aromatic carbocycles. The van der Waals surface area contributed by atoms with Crippen molar-refractivity contribution in [3.63, 3.8) is 0 Å². The van der Waals surface area contributed by atoms with Crippen LogP contribution in [0.2, 0.25) is 0 Å². The molecule has 1 aliphatic carbocycles. The fourth-order valence-electron chi connectivity index (χ4n) is 3.34. The van der Waals surface area contributed by atoms with E-state index in [0.29, 0.717) is 5.82 Å². The number of carboxylic acid groups (broad SMARTS) is 1. The van der Waals surface area contributed by atoms with Crippen molar-refractivity contribution in [1.82, 2.24) is 24.8 Å². The van der Waals surface area contributed by atoms with Gasteiger partial charge in [-0.2, -0.15) is 0 Å². The summed E-state index contributed by atoms with van der Waals surface area (Å²) in [6, 6.07) is 7.64. The Morgan fingerprint density at radius 2 is 2.04 bits per heavy atom. The van der Waals surface area contributed by atoms with Crippen molar-refractivity contribution in [1.29, 1.82) is 0 Å². The molecule has 0 radical (unpaired) electrons. The van der Waals surface area contributed by atoms with E-state index in [-0.39, 0.29) is 0 Å². The second kappa shape index (κ2) is 5.30. The fraction of sp³-hybridized carbons (Fsp3) is 0.294. The van der Waals surface area contributed by atoms with Crippen molar-refractivity contribution in [2.75, 3.05) is 0 Å². The minimum absolute atomic E-state index is 0.580. The molecule has 0 spiro atoms. The molecule has 4 rings (SSSR count). The Morgan fingerprint density at radius 3 is 2.67 bits per heavy atom. The number of imidazole rings is 1. The molecule has 24 heavy (non-hydrogen) atoms. The van der Waals surface area contributed by atoms with Gasteiger partial charge < -0.3 is 15.0 Å². The quantitative estimate of drug-likeness (QED) is 0.773. The Kier molecular flexibility index (Phi) is 3.23. The number of aryl methyl sites for hydroxylation is 1. The van der Waals surface area contributed by atoms with E-state index >= 15 is 0 Å². The fourth-order valence-corrected chi connectivity index (χ4v) is 3.34. The smallest absolute Gasteiger partial charge is 0.405 e. The molecule has 0 saturated heterocycles. The van der Waals surface area contributed by atoms with Crippen LogP contribution in [0.5, 0.6) is 0 Å². The zero-order chi connectivity index (χ0) is 16.7. The van der Waals surface area contributed by atoms with Crippen molar-refractivity contribution in [3.05, 3.63) is 42.5 Å². The Bertz CT molecular complexity index is 915. The first-order chi connectivity index (χ1) is 11.6. The van der Waals surface area contributed by atoms with Crippen LogP contribution in [0.15, 0.2) is 36.7 Å². The third kappa shape index (κ3) is 2.20. The van der Waals surface area contributed by atoms with Gasteiger partial charge in [0, 0.05) is 25.0 Å². The maximum atomic E-state index is 11.2. The van der Waals surface area contributed by atoms with Crippen molar-refractivity contribution in [2.45, 2.75) is 24.8 Å². The molecule has 7 heteroatoms. The van der Waals surface area contributed by atoms with Crippen molar-refractivity contribution in [3.8, 4) is 11.4 Å². The molecule has 0 atom stereocenters. The highest BCUT2D eigenvalue weighted by atomic mass is 16.4. The summed E-state index contributed by atoms with van der Waals surface area (Å²) in [5.41, 5.74) is 2.11. The molecule has 0 unspecified atom stereocenters. The molecule has 0 bridgehead atoms. The third-order valence-electron chi connectivity index (χ3n) is 4.69. The molecule has 122 valence electrons. The van der Waals surface area contributed by atoms with Gasteiger partial charge in [-0.15, -0.1) is 0 Å². The Hall–Kier alpha value is -2.96. The van der Waals surface area contributed by atoms with Crippen molar-refractivity contribution >= 4 is 17.1 Å². The van der Waals surface area contributed by atoms with Gasteiger partial charge in [-0.1, -0.05) is 0 Å². The van der Waals surface area contributed by atoms with Crippen LogP contribution in [0.25, 0.3) is 22.4 Å². The summed E-state index contributed by atoms with van der Waals surface area (Å²) >= 11 is 0.